The van der Waals surface area contributed by atoms with Gasteiger partial charge in [-0.05, 0) is 36.8 Å². The van der Waals surface area contributed by atoms with E-state index in [4.69, 9.17) is 13.9 Å². The first-order valence-corrected chi connectivity index (χ1v) is 7.22. The van der Waals surface area contributed by atoms with Gasteiger partial charge in [0.05, 0.1) is 26.1 Å². The molecule has 0 aliphatic carbocycles. The van der Waals surface area contributed by atoms with Crippen LogP contribution in [0.25, 0.3) is 0 Å². The van der Waals surface area contributed by atoms with Crippen molar-refractivity contribution >= 4 is 5.69 Å². The normalized spacial score (nSPS) is 12.3. The second kappa shape index (κ2) is 8.49. The lowest BCUT2D eigenvalue weighted by molar-refractivity contribution is 0.0617. The van der Waals surface area contributed by atoms with Crippen molar-refractivity contribution < 1.29 is 13.9 Å². The van der Waals surface area contributed by atoms with Crippen LogP contribution in [-0.2, 0) is 22.5 Å². The second-order valence-corrected chi connectivity index (χ2v) is 5.07. The first kappa shape index (κ1) is 15.6. The Morgan fingerprint density at radius 2 is 2.10 bits per heavy atom. The van der Waals surface area contributed by atoms with Gasteiger partial charge in [0, 0.05) is 25.3 Å². The zero-order valence-corrected chi connectivity index (χ0v) is 12.7. The van der Waals surface area contributed by atoms with E-state index in [0.717, 1.165) is 23.4 Å². The summed E-state index contributed by atoms with van der Waals surface area (Å²) < 4.78 is 15.9. The Morgan fingerprint density at radius 3 is 2.86 bits per heavy atom. The van der Waals surface area contributed by atoms with Crippen molar-refractivity contribution in [3.8, 4) is 0 Å². The molecule has 1 aromatic carbocycles. The molecule has 0 aliphatic rings. The largest absolute Gasteiger partial charge is 0.469 e. The van der Waals surface area contributed by atoms with Crippen molar-refractivity contribution in [2.24, 2.45) is 0 Å². The number of furan rings is 1. The maximum atomic E-state index is 5.54. The number of hydrogen-bond donors (Lipinski definition) is 1. The van der Waals surface area contributed by atoms with Gasteiger partial charge in [0.1, 0.15) is 5.76 Å². The van der Waals surface area contributed by atoms with Gasteiger partial charge in [-0.3, -0.25) is 0 Å². The molecule has 4 heteroatoms. The third-order valence-corrected chi connectivity index (χ3v) is 3.13. The SMILES string of the molecule is COCCOCc1cccc(NC(C)Cc2ccco2)c1. The molecule has 1 unspecified atom stereocenters. The van der Waals surface area contributed by atoms with Gasteiger partial charge in [-0.1, -0.05) is 12.1 Å². The van der Waals surface area contributed by atoms with Crippen molar-refractivity contribution in [2.75, 3.05) is 25.6 Å². The molecular formula is C17H23NO3. The first-order valence-electron chi connectivity index (χ1n) is 7.22. The Labute approximate surface area is 126 Å². The number of benzene rings is 1. The number of hydrogen-bond acceptors (Lipinski definition) is 4. The fourth-order valence-corrected chi connectivity index (χ4v) is 2.15. The number of anilines is 1. The molecule has 4 nitrogen and oxygen atoms in total. The Morgan fingerprint density at radius 1 is 1.19 bits per heavy atom. The number of ether oxygens (including phenoxy) is 2. The van der Waals surface area contributed by atoms with Crippen LogP contribution in [0.5, 0.6) is 0 Å². The van der Waals surface area contributed by atoms with E-state index in [9.17, 15) is 0 Å². The molecule has 1 heterocycles. The Balaban J connectivity index is 1.82. The van der Waals surface area contributed by atoms with E-state index in [-0.39, 0.29) is 0 Å². The zero-order chi connectivity index (χ0) is 14.9. The van der Waals surface area contributed by atoms with Crippen LogP contribution in [0.3, 0.4) is 0 Å². The van der Waals surface area contributed by atoms with Crippen LogP contribution in [0.1, 0.15) is 18.2 Å². The summed E-state index contributed by atoms with van der Waals surface area (Å²) in [5.41, 5.74) is 2.25. The van der Waals surface area contributed by atoms with Crippen molar-refractivity contribution in [3.05, 3.63) is 54.0 Å². The van der Waals surface area contributed by atoms with Gasteiger partial charge in [0.25, 0.3) is 0 Å². The van der Waals surface area contributed by atoms with Crippen LogP contribution in [0, 0.1) is 0 Å². The molecule has 1 N–H and O–H groups in total. The van der Waals surface area contributed by atoms with Crippen LogP contribution in [0.4, 0.5) is 5.69 Å². The predicted octanol–water partition coefficient (Wildman–Crippen LogP) is 3.49. The molecule has 1 aromatic heterocycles. The molecule has 0 radical (unpaired) electrons. The minimum atomic E-state index is 0.306. The van der Waals surface area contributed by atoms with Gasteiger partial charge in [-0.15, -0.1) is 0 Å². The summed E-state index contributed by atoms with van der Waals surface area (Å²) in [4.78, 5) is 0. The summed E-state index contributed by atoms with van der Waals surface area (Å²) in [6.07, 6.45) is 2.57. The van der Waals surface area contributed by atoms with Gasteiger partial charge in [-0.25, -0.2) is 0 Å². The van der Waals surface area contributed by atoms with Crippen LogP contribution in [0.2, 0.25) is 0 Å². The highest BCUT2D eigenvalue weighted by Crippen LogP contribution is 2.14. The predicted molar refractivity (Wildman–Crippen MR) is 83.5 cm³/mol. The van der Waals surface area contributed by atoms with Crippen molar-refractivity contribution in [3.63, 3.8) is 0 Å². The summed E-state index contributed by atoms with van der Waals surface area (Å²) in [6.45, 7) is 3.98. The van der Waals surface area contributed by atoms with Gasteiger partial charge >= 0.3 is 0 Å². The molecule has 114 valence electrons. The number of methoxy groups -OCH3 is 1. The molecule has 0 saturated carbocycles. The average molecular weight is 289 g/mol. The van der Waals surface area contributed by atoms with Crippen molar-refractivity contribution in [2.45, 2.75) is 26.0 Å². The van der Waals surface area contributed by atoms with E-state index in [1.54, 1.807) is 13.4 Å². The molecule has 0 fully saturated rings. The molecule has 2 aromatic rings. The second-order valence-electron chi connectivity index (χ2n) is 5.07. The van der Waals surface area contributed by atoms with E-state index >= 15 is 0 Å². The van der Waals surface area contributed by atoms with E-state index in [2.05, 4.69) is 30.4 Å². The fourth-order valence-electron chi connectivity index (χ4n) is 2.15. The van der Waals surface area contributed by atoms with E-state index in [1.165, 1.54) is 0 Å². The highest BCUT2D eigenvalue weighted by molar-refractivity contribution is 5.46. The molecule has 0 saturated heterocycles. The van der Waals surface area contributed by atoms with E-state index in [1.807, 2.05) is 18.2 Å². The summed E-state index contributed by atoms with van der Waals surface area (Å²) in [6, 6.07) is 12.5. The Kier molecular flexibility index (Phi) is 6.31. The Hall–Kier alpha value is -1.78. The van der Waals surface area contributed by atoms with Gasteiger partial charge in [0.2, 0.25) is 0 Å². The highest BCUT2D eigenvalue weighted by atomic mass is 16.5. The Bertz CT molecular complexity index is 511. The summed E-state index contributed by atoms with van der Waals surface area (Å²) in [7, 11) is 1.67. The molecule has 1 atom stereocenters. The third-order valence-electron chi connectivity index (χ3n) is 3.13. The number of rotatable bonds is 9. The zero-order valence-electron chi connectivity index (χ0n) is 12.7. The maximum Gasteiger partial charge on any atom is 0.105 e. The summed E-state index contributed by atoms with van der Waals surface area (Å²) in [5.74, 6) is 0.994. The molecular weight excluding hydrogens is 266 g/mol. The molecule has 2 rings (SSSR count). The quantitative estimate of drug-likeness (QED) is 0.718. The first-order chi connectivity index (χ1) is 10.3. The minimum absolute atomic E-state index is 0.306. The molecule has 0 amide bonds. The van der Waals surface area contributed by atoms with Gasteiger partial charge in [-0.2, -0.15) is 0 Å². The van der Waals surface area contributed by atoms with E-state index < -0.39 is 0 Å². The molecule has 0 bridgehead atoms. The summed E-state index contributed by atoms with van der Waals surface area (Å²) in [5, 5.41) is 3.48. The minimum Gasteiger partial charge on any atom is -0.469 e. The van der Waals surface area contributed by atoms with E-state index in [0.29, 0.717) is 25.9 Å². The highest BCUT2D eigenvalue weighted by Gasteiger charge is 2.06. The van der Waals surface area contributed by atoms with Crippen LogP contribution in [-0.4, -0.2) is 26.4 Å². The monoisotopic (exact) mass is 289 g/mol. The third kappa shape index (κ3) is 5.61. The smallest absolute Gasteiger partial charge is 0.105 e. The summed E-state index contributed by atoms with van der Waals surface area (Å²) >= 11 is 0. The maximum absolute atomic E-state index is 5.54. The fraction of sp³-hybridized carbons (Fsp3) is 0.412. The lowest BCUT2D eigenvalue weighted by Gasteiger charge is -2.15. The van der Waals surface area contributed by atoms with Gasteiger partial charge < -0.3 is 19.2 Å². The number of nitrogens with one attached hydrogen (secondary N) is 1. The average Bonchev–Trinajstić information content (AvgIpc) is 2.97. The standard InChI is InChI=1S/C17H23NO3/c1-14(11-17-7-4-8-21-17)18-16-6-3-5-15(12-16)13-20-10-9-19-2/h3-8,12,14,18H,9-11,13H2,1-2H3. The molecule has 21 heavy (non-hydrogen) atoms. The lowest BCUT2D eigenvalue weighted by atomic mass is 10.1. The molecule has 0 aliphatic heterocycles. The van der Waals surface area contributed by atoms with Gasteiger partial charge in [0.15, 0.2) is 0 Å². The molecule has 0 spiro atoms. The van der Waals surface area contributed by atoms with Crippen molar-refractivity contribution in [1.82, 2.24) is 0 Å². The van der Waals surface area contributed by atoms with Crippen LogP contribution >= 0.6 is 0 Å². The van der Waals surface area contributed by atoms with Crippen LogP contribution in [0.15, 0.2) is 47.1 Å². The van der Waals surface area contributed by atoms with Crippen LogP contribution < -0.4 is 5.32 Å². The van der Waals surface area contributed by atoms with Crippen molar-refractivity contribution in [1.29, 1.82) is 0 Å². The topological polar surface area (TPSA) is 43.6 Å². The lowest BCUT2D eigenvalue weighted by Crippen LogP contribution is -2.17.